The molecule has 1 aliphatic heterocycles. The van der Waals surface area contributed by atoms with Crippen LogP contribution in [-0.2, 0) is 0 Å². The van der Waals surface area contributed by atoms with Gasteiger partial charge in [-0.25, -0.2) is 4.98 Å². The molecule has 1 aliphatic rings. The maximum Gasteiger partial charge on any atom is 0.292 e. The molecule has 0 spiro atoms. The van der Waals surface area contributed by atoms with Gasteiger partial charge in [-0.1, -0.05) is 0 Å². The van der Waals surface area contributed by atoms with Gasteiger partial charge in [-0.2, -0.15) is 5.10 Å². The summed E-state index contributed by atoms with van der Waals surface area (Å²) in [5.41, 5.74) is 0.616. The van der Waals surface area contributed by atoms with Crippen LogP contribution in [0.2, 0.25) is 0 Å². The van der Waals surface area contributed by atoms with Crippen LogP contribution in [0.1, 0.15) is 17.0 Å². The van der Waals surface area contributed by atoms with Gasteiger partial charge in [0.2, 0.25) is 5.82 Å². The molecule has 0 fully saturated rings. The zero-order valence-electron chi connectivity index (χ0n) is 10.0. The number of nitrogens with one attached hydrogen (secondary N) is 2. The monoisotopic (exact) mass is 260 g/mol. The Morgan fingerprint density at radius 2 is 2.11 bits per heavy atom. The summed E-state index contributed by atoms with van der Waals surface area (Å²) >= 11 is 0. The second-order valence-corrected chi connectivity index (χ2v) is 4.00. The third-order valence-electron chi connectivity index (χ3n) is 2.64. The lowest BCUT2D eigenvalue weighted by atomic mass is 10.2. The Kier molecular flexibility index (Phi) is 3.01. The number of hydrogen-bond acceptors (Lipinski definition) is 5. The molecule has 19 heavy (non-hydrogen) atoms. The number of H-pyrrole nitrogens is 1. The summed E-state index contributed by atoms with van der Waals surface area (Å²) in [7, 11) is 0. The van der Waals surface area contributed by atoms with E-state index >= 15 is 0 Å². The standard InChI is InChI=1S/C12H12N4O3/c17-12(11-13-7-14-16-11)15-8-2-3-9-10(6-8)19-5-1-4-18-9/h2-3,6-7H,1,4-5H2,(H,15,17)(H,13,14,16). The fourth-order valence-electron chi connectivity index (χ4n) is 1.75. The molecule has 7 heteroatoms. The molecule has 0 saturated carbocycles. The van der Waals surface area contributed by atoms with Gasteiger partial charge in [-0.05, 0) is 12.1 Å². The van der Waals surface area contributed by atoms with E-state index in [1.807, 2.05) is 0 Å². The third-order valence-corrected chi connectivity index (χ3v) is 2.64. The molecule has 0 saturated heterocycles. The fraction of sp³-hybridized carbons (Fsp3) is 0.250. The number of anilines is 1. The third kappa shape index (κ3) is 2.49. The van der Waals surface area contributed by atoms with E-state index in [1.54, 1.807) is 18.2 Å². The highest BCUT2D eigenvalue weighted by Crippen LogP contribution is 2.32. The maximum absolute atomic E-state index is 11.8. The SMILES string of the molecule is O=C(Nc1ccc2c(c1)OCCCO2)c1ncn[nH]1. The molecular formula is C12H12N4O3. The molecule has 1 aromatic carbocycles. The average Bonchev–Trinajstić information content (AvgIpc) is 2.85. The van der Waals surface area contributed by atoms with Gasteiger partial charge in [-0.15, -0.1) is 0 Å². The number of ether oxygens (including phenoxy) is 2. The summed E-state index contributed by atoms with van der Waals surface area (Å²) in [5.74, 6) is 1.13. The van der Waals surface area contributed by atoms with Gasteiger partial charge >= 0.3 is 0 Å². The van der Waals surface area contributed by atoms with Crippen molar-refractivity contribution in [3.8, 4) is 11.5 Å². The second kappa shape index (κ2) is 4.97. The molecule has 0 atom stereocenters. The molecular weight excluding hydrogens is 248 g/mol. The highest BCUT2D eigenvalue weighted by molar-refractivity contribution is 6.01. The number of rotatable bonds is 2. The lowest BCUT2D eigenvalue weighted by Gasteiger charge is -2.09. The molecule has 98 valence electrons. The van der Waals surface area contributed by atoms with Crippen molar-refractivity contribution in [2.75, 3.05) is 18.5 Å². The number of benzene rings is 1. The number of fused-ring (bicyclic) bond motifs is 1. The van der Waals surface area contributed by atoms with Crippen LogP contribution in [0.15, 0.2) is 24.5 Å². The van der Waals surface area contributed by atoms with Crippen LogP contribution >= 0.6 is 0 Å². The fourth-order valence-corrected chi connectivity index (χ4v) is 1.75. The van der Waals surface area contributed by atoms with Crippen LogP contribution in [0, 0.1) is 0 Å². The minimum atomic E-state index is -0.355. The van der Waals surface area contributed by atoms with Crippen LogP contribution in [-0.4, -0.2) is 34.3 Å². The van der Waals surface area contributed by atoms with Crippen LogP contribution in [0.3, 0.4) is 0 Å². The van der Waals surface area contributed by atoms with E-state index in [4.69, 9.17) is 9.47 Å². The Morgan fingerprint density at radius 3 is 2.89 bits per heavy atom. The molecule has 3 rings (SSSR count). The Hall–Kier alpha value is -2.57. The maximum atomic E-state index is 11.8. The van der Waals surface area contributed by atoms with E-state index in [0.29, 0.717) is 30.4 Å². The van der Waals surface area contributed by atoms with E-state index in [2.05, 4.69) is 20.5 Å². The molecule has 0 aliphatic carbocycles. The molecule has 7 nitrogen and oxygen atoms in total. The van der Waals surface area contributed by atoms with Crippen molar-refractivity contribution in [1.29, 1.82) is 0 Å². The number of aromatic nitrogens is 3. The predicted molar refractivity (Wildman–Crippen MR) is 66.4 cm³/mol. The first kappa shape index (κ1) is 11.5. The number of hydrogen-bond donors (Lipinski definition) is 2. The Morgan fingerprint density at radius 1 is 1.26 bits per heavy atom. The van der Waals surface area contributed by atoms with Crippen molar-refractivity contribution in [1.82, 2.24) is 15.2 Å². The lowest BCUT2D eigenvalue weighted by Crippen LogP contribution is -2.13. The first-order valence-electron chi connectivity index (χ1n) is 5.89. The number of amides is 1. The molecule has 0 unspecified atom stereocenters. The number of carbonyl (C=O) groups excluding carboxylic acids is 1. The minimum absolute atomic E-state index is 0.159. The lowest BCUT2D eigenvalue weighted by molar-refractivity contribution is 0.101. The summed E-state index contributed by atoms with van der Waals surface area (Å²) in [6.07, 6.45) is 2.12. The second-order valence-electron chi connectivity index (χ2n) is 4.00. The largest absolute Gasteiger partial charge is 0.490 e. The minimum Gasteiger partial charge on any atom is -0.490 e. The molecule has 1 aromatic heterocycles. The summed E-state index contributed by atoms with van der Waals surface area (Å²) < 4.78 is 11.1. The van der Waals surface area contributed by atoms with E-state index in [-0.39, 0.29) is 11.7 Å². The zero-order chi connectivity index (χ0) is 13.1. The van der Waals surface area contributed by atoms with Crippen LogP contribution in [0.4, 0.5) is 5.69 Å². The van der Waals surface area contributed by atoms with Crippen molar-refractivity contribution in [2.24, 2.45) is 0 Å². The van der Waals surface area contributed by atoms with Crippen molar-refractivity contribution in [3.63, 3.8) is 0 Å². The van der Waals surface area contributed by atoms with Gasteiger partial charge in [0.15, 0.2) is 11.5 Å². The normalized spacial score (nSPS) is 13.7. The first-order chi connectivity index (χ1) is 9.33. The first-order valence-corrected chi connectivity index (χ1v) is 5.89. The average molecular weight is 260 g/mol. The van der Waals surface area contributed by atoms with Crippen molar-refractivity contribution in [2.45, 2.75) is 6.42 Å². The summed E-state index contributed by atoms with van der Waals surface area (Å²) in [5, 5.41) is 8.83. The van der Waals surface area contributed by atoms with Crippen LogP contribution < -0.4 is 14.8 Å². The number of nitrogens with zero attached hydrogens (tertiary/aromatic N) is 2. The van der Waals surface area contributed by atoms with Crippen molar-refractivity contribution < 1.29 is 14.3 Å². The quantitative estimate of drug-likeness (QED) is 0.847. The van der Waals surface area contributed by atoms with E-state index < -0.39 is 0 Å². The Balaban J connectivity index is 1.78. The van der Waals surface area contributed by atoms with Gasteiger partial charge in [-0.3, -0.25) is 9.89 Å². The van der Waals surface area contributed by atoms with Crippen LogP contribution in [0.25, 0.3) is 0 Å². The Labute approximate surface area is 108 Å². The van der Waals surface area contributed by atoms with Gasteiger partial charge in [0.1, 0.15) is 6.33 Å². The summed E-state index contributed by atoms with van der Waals surface area (Å²) in [6.45, 7) is 1.24. The highest BCUT2D eigenvalue weighted by atomic mass is 16.5. The van der Waals surface area contributed by atoms with E-state index in [9.17, 15) is 4.79 Å². The number of aromatic amines is 1. The van der Waals surface area contributed by atoms with E-state index in [0.717, 1.165) is 6.42 Å². The van der Waals surface area contributed by atoms with Gasteiger partial charge in [0.05, 0.1) is 13.2 Å². The van der Waals surface area contributed by atoms with Crippen LogP contribution in [0.5, 0.6) is 11.5 Å². The summed E-state index contributed by atoms with van der Waals surface area (Å²) in [4.78, 5) is 15.6. The molecule has 0 radical (unpaired) electrons. The molecule has 2 heterocycles. The molecule has 1 amide bonds. The van der Waals surface area contributed by atoms with Crippen molar-refractivity contribution >= 4 is 11.6 Å². The van der Waals surface area contributed by atoms with Gasteiger partial charge in [0, 0.05) is 18.2 Å². The molecule has 2 aromatic rings. The summed E-state index contributed by atoms with van der Waals surface area (Å²) in [6, 6.07) is 5.26. The van der Waals surface area contributed by atoms with Gasteiger partial charge in [0.25, 0.3) is 5.91 Å². The predicted octanol–water partition coefficient (Wildman–Crippen LogP) is 1.22. The zero-order valence-corrected chi connectivity index (χ0v) is 10.0. The van der Waals surface area contributed by atoms with Crippen molar-refractivity contribution in [3.05, 3.63) is 30.4 Å². The highest BCUT2D eigenvalue weighted by Gasteiger charge is 2.13. The van der Waals surface area contributed by atoms with E-state index in [1.165, 1.54) is 6.33 Å². The topological polar surface area (TPSA) is 89.1 Å². The Bertz CT molecular complexity index is 583. The molecule has 2 N–H and O–H groups in total. The smallest absolute Gasteiger partial charge is 0.292 e. The molecule has 0 bridgehead atoms. The van der Waals surface area contributed by atoms with Gasteiger partial charge < -0.3 is 14.8 Å². The number of carbonyl (C=O) groups is 1.